The summed E-state index contributed by atoms with van der Waals surface area (Å²) in [4.78, 5) is 8.66. The molecule has 0 saturated heterocycles. The minimum atomic E-state index is -4.37. The Morgan fingerprint density at radius 3 is 2.68 bits per heavy atom. The van der Waals surface area contributed by atoms with Crippen LogP contribution in [0.25, 0.3) is 10.7 Å². The third-order valence-electron chi connectivity index (χ3n) is 2.74. The number of aryl methyl sites for hydroxylation is 1. The van der Waals surface area contributed by atoms with Gasteiger partial charge in [-0.2, -0.15) is 18.2 Å². The maximum absolute atomic E-state index is 12.6. The molecule has 0 N–H and O–H groups in total. The Morgan fingerprint density at radius 2 is 2.05 bits per heavy atom. The Hall–Kier alpha value is -1.93. The van der Waals surface area contributed by atoms with Gasteiger partial charge in [-0.3, -0.25) is 0 Å². The normalized spacial score (nSPS) is 11.6. The minimum Gasteiger partial charge on any atom is -0.438 e. The lowest BCUT2D eigenvalue weighted by atomic mass is 10.3. The van der Waals surface area contributed by atoms with Crippen molar-refractivity contribution in [3.8, 4) is 22.3 Å². The number of ether oxygens (including phenoxy) is 1. The first-order chi connectivity index (χ1) is 10.4. The number of alkyl halides is 3. The lowest BCUT2D eigenvalue weighted by Gasteiger charge is -2.07. The standard InChI is InChI=1S/C14H9F3N2OS2/c1-8-6-18-12(10-3-2-4-21-10)19-13(8)20-9-5-11(22-7-9)14(15,16)17/h2-7H,1H3. The molecule has 0 saturated carbocycles. The maximum Gasteiger partial charge on any atom is 0.425 e. The summed E-state index contributed by atoms with van der Waals surface area (Å²) in [6.07, 6.45) is -2.77. The van der Waals surface area contributed by atoms with Gasteiger partial charge in [-0.25, -0.2) is 4.98 Å². The van der Waals surface area contributed by atoms with Gasteiger partial charge in [-0.05, 0) is 18.4 Å². The molecular formula is C14H9F3N2OS2. The third kappa shape index (κ3) is 3.12. The minimum absolute atomic E-state index is 0.122. The molecule has 0 aliphatic heterocycles. The molecule has 0 radical (unpaired) electrons. The highest BCUT2D eigenvalue weighted by atomic mass is 32.1. The van der Waals surface area contributed by atoms with E-state index in [-0.39, 0.29) is 11.6 Å². The van der Waals surface area contributed by atoms with Gasteiger partial charge in [-0.1, -0.05) is 6.07 Å². The van der Waals surface area contributed by atoms with E-state index in [1.54, 1.807) is 13.1 Å². The summed E-state index contributed by atoms with van der Waals surface area (Å²) in [6, 6.07) is 4.71. The summed E-state index contributed by atoms with van der Waals surface area (Å²) in [7, 11) is 0. The Balaban J connectivity index is 1.89. The molecule has 0 aromatic carbocycles. The van der Waals surface area contributed by atoms with E-state index < -0.39 is 11.1 Å². The maximum atomic E-state index is 12.6. The van der Waals surface area contributed by atoms with Gasteiger partial charge in [0.05, 0.1) is 4.88 Å². The van der Waals surface area contributed by atoms with E-state index in [9.17, 15) is 13.2 Å². The molecule has 0 atom stereocenters. The summed E-state index contributed by atoms with van der Waals surface area (Å²) in [6.45, 7) is 1.74. The average molecular weight is 342 g/mol. The summed E-state index contributed by atoms with van der Waals surface area (Å²) in [5.41, 5.74) is 0.653. The molecule has 8 heteroatoms. The van der Waals surface area contributed by atoms with E-state index in [1.807, 2.05) is 17.5 Å². The van der Waals surface area contributed by atoms with Crippen LogP contribution < -0.4 is 4.74 Å². The van der Waals surface area contributed by atoms with Crippen molar-refractivity contribution < 1.29 is 17.9 Å². The summed E-state index contributed by atoms with van der Waals surface area (Å²) < 4.78 is 43.3. The van der Waals surface area contributed by atoms with Crippen molar-refractivity contribution in [2.75, 3.05) is 0 Å². The number of hydrogen-bond acceptors (Lipinski definition) is 5. The summed E-state index contributed by atoms with van der Waals surface area (Å²) in [5, 5.41) is 3.21. The number of hydrogen-bond donors (Lipinski definition) is 0. The molecule has 0 unspecified atom stereocenters. The molecule has 3 aromatic rings. The van der Waals surface area contributed by atoms with Crippen molar-refractivity contribution in [3.63, 3.8) is 0 Å². The second-order valence-corrected chi connectivity index (χ2v) is 6.26. The second kappa shape index (κ2) is 5.69. The van der Waals surface area contributed by atoms with E-state index in [0.717, 1.165) is 10.9 Å². The van der Waals surface area contributed by atoms with Gasteiger partial charge in [0.2, 0.25) is 5.88 Å². The molecule has 3 heterocycles. The molecule has 3 nitrogen and oxygen atoms in total. The first kappa shape index (κ1) is 15.0. The Labute approximate surface area is 132 Å². The van der Waals surface area contributed by atoms with Crippen molar-refractivity contribution >= 4 is 22.7 Å². The van der Waals surface area contributed by atoms with Crippen molar-refractivity contribution in [2.24, 2.45) is 0 Å². The van der Waals surface area contributed by atoms with Crippen LogP contribution in [0.4, 0.5) is 13.2 Å². The van der Waals surface area contributed by atoms with Crippen molar-refractivity contribution in [2.45, 2.75) is 13.1 Å². The Morgan fingerprint density at radius 1 is 1.23 bits per heavy atom. The fourth-order valence-corrected chi connectivity index (χ4v) is 3.03. The van der Waals surface area contributed by atoms with Crippen molar-refractivity contribution in [1.82, 2.24) is 9.97 Å². The van der Waals surface area contributed by atoms with Crippen LogP contribution in [-0.2, 0) is 6.18 Å². The van der Waals surface area contributed by atoms with Gasteiger partial charge in [0.15, 0.2) is 5.82 Å². The number of thiophene rings is 2. The van der Waals surface area contributed by atoms with E-state index >= 15 is 0 Å². The van der Waals surface area contributed by atoms with Crippen LogP contribution in [0.5, 0.6) is 11.6 Å². The Bertz CT molecular complexity index is 782. The molecule has 22 heavy (non-hydrogen) atoms. The van der Waals surface area contributed by atoms with Crippen LogP contribution in [-0.4, -0.2) is 9.97 Å². The van der Waals surface area contributed by atoms with Crippen LogP contribution >= 0.6 is 22.7 Å². The fraction of sp³-hybridized carbons (Fsp3) is 0.143. The molecule has 0 spiro atoms. The third-order valence-corrected chi connectivity index (χ3v) is 4.56. The van der Waals surface area contributed by atoms with Crippen LogP contribution in [0.2, 0.25) is 0 Å². The van der Waals surface area contributed by atoms with E-state index in [0.29, 0.717) is 22.7 Å². The molecule has 3 rings (SSSR count). The number of aromatic nitrogens is 2. The molecule has 0 fully saturated rings. The monoisotopic (exact) mass is 342 g/mol. The van der Waals surface area contributed by atoms with Gasteiger partial charge in [-0.15, -0.1) is 22.7 Å². The van der Waals surface area contributed by atoms with Gasteiger partial charge >= 0.3 is 6.18 Å². The quantitative estimate of drug-likeness (QED) is 0.640. The average Bonchev–Trinajstić information content (AvgIpc) is 3.11. The van der Waals surface area contributed by atoms with Gasteiger partial charge in [0.1, 0.15) is 10.6 Å². The molecule has 0 amide bonds. The van der Waals surface area contributed by atoms with Crippen molar-refractivity contribution in [3.05, 3.63) is 45.6 Å². The van der Waals surface area contributed by atoms with Gasteiger partial charge < -0.3 is 4.74 Å². The predicted molar refractivity (Wildman–Crippen MR) is 79.5 cm³/mol. The lowest BCUT2D eigenvalue weighted by Crippen LogP contribution is -2.00. The van der Waals surface area contributed by atoms with Crippen LogP contribution in [0, 0.1) is 6.92 Å². The molecular weight excluding hydrogens is 333 g/mol. The van der Waals surface area contributed by atoms with Crippen molar-refractivity contribution in [1.29, 1.82) is 0 Å². The molecule has 0 aliphatic rings. The zero-order valence-corrected chi connectivity index (χ0v) is 12.9. The molecule has 114 valence electrons. The molecule has 0 aliphatic carbocycles. The largest absolute Gasteiger partial charge is 0.438 e. The van der Waals surface area contributed by atoms with Gasteiger partial charge in [0, 0.05) is 23.2 Å². The first-order valence-corrected chi connectivity index (χ1v) is 7.90. The second-order valence-electron chi connectivity index (χ2n) is 4.41. The number of nitrogens with zero attached hydrogens (tertiary/aromatic N) is 2. The topological polar surface area (TPSA) is 35.0 Å². The smallest absolute Gasteiger partial charge is 0.425 e. The SMILES string of the molecule is Cc1cnc(-c2cccs2)nc1Oc1csc(C(F)(F)F)c1. The Kier molecular flexibility index (Phi) is 3.88. The number of rotatable bonds is 3. The molecule has 0 bridgehead atoms. The van der Waals surface area contributed by atoms with Gasteiger partial charge in [0.25, 0.3) is 0 Å². The van der Waals surface area contributed by atoms with Crippen LogP contribution in [0.15, 0.2) is 35.2 Å². The van der Waals surface area contributed by atoms with E-state index in [2.05, 4.69) is 9.97 Å². The van der Waals surface area contributed by atoms with E-state index in [1.165, 1.54) is 16.7 Å². The molecule has 3 aromatic heterocycles. The summed E-state index contributed by atoms with van der Waals surface area (Å²) in [5.74, 6) is 0.864. The van der Waals surface area contributed by atoms with Crippen LogP contribution in [0.3, 0.4) is 0 Å². The summed E-state index contributed by atoms with van der Waals surface area (Å²) >= 11 is 2.07. The highest BCUT2D eigenvalue weighted by Gasteiger charge is 2.32. The fourth-order valence-electron chi connectivity index (χ4n) is 1.69. The highest BCUT2D eigenvalue weighted by Crippen LogP contribution is 2.38. The number of halogens is 3. The lowest BCUT2D eigenvalue weighted by molar-refractivity contribution is -0.134. The predicted octanol–water partition coefficient (Wildman–Crippen LogP) is 5.39. The van der Waals surface area contributed by atoms with E-state index in [4.69, 9.17) is 4.74 Å². The van der Waals surface area contributed by atoms with Crippen LogP contribution in [0.1, 0.15) is 10.4 Å². The first-order valence-electron chi connectivity index (χ1n) is 6.14. The zero-order valence-electron chi connectivity index (χ0n) is 11.2. The zero-order chi connectivity index (χ0) is 15.7. The highest BCUT2D eigenvalue weighted by molar-refractivity contribution is 7.13.